The van der Waals surface area contributed by atoms with Gasteiger partial charge >= 0.3 is 0 Å². The van der Waals surface area contributed by atoms with Gasteiger partial charge in [0.1, 0.15) is 5.75 Å². The number of aliphatic hydroxyl groups is 1. The Balaban J connectivity index is 0.00000181. The van der Waals surface area contributed by atoms with Crippen LogP contribution in [0.2, 0.25) is 0 Å². The summed E-state index contributed by atoms with van der Waals surface area (Å²) in [5.74, 6) is 2.48. The highest BCUT2D eigenvalue weighted by Gasteiger charge is 2.25. The van der Waals surface area contributed by atoms with E-state index >= 15 is 0 Å². The van der Waals surface area contributed by atoms with Crippen LogP contribution in [0.3, 0.4) is 0 Å². The second-order valence-electron chi connectivity index (χ2n) is 7.32. The predicted octanol–water partition coefficient (Wildman–Crippen LogP) is 4.92. The molecular formula is C22H25BrClN5O2S. The van der Waals surface area contributed by atoms with Crippen molar-refractivity contribution in [3.63, 3.8) is 0 Å². The van der Waals surface area contributed by atoms with E-state index in [0.29, 0.717) is 18.1 Å². The molecule has 0 bridgehead atoms. The first kappa shape index (κ1) is 26.0. The number of hydrogen-bond donors (Lipinski definition) is 2. The minimum Gasteiger partial charge on any atom is -0.496 e. The number of fused-ring (bicyclic) bond motifs is 1. The average Bonchev–Trinajstić information content (AvgIpc) is 3.26. The summed E-state index contributed by atoms with van der Waals surface area (Å²) >= 11 is 3.51. The lowest BCUT2D eigenvalue weighted by atomic mass is 10.1. The molecule has 32 heavy (non-hydrogen) atoms. The van der Waals surface area contributed by atoms with Crippen LogP contribution in [0.1, 0.15) is 12.0 Å². The summed E-state index contributed by atoms with van der Waals surface area (Å²) in [5, 5.41) is 23.6. The third kappa shape index (κ3) is 5.38. The Kier molecular flexibility index (Phi) is 9.40. The molecule has 7 nitrogen and oxygen atoms in total. The van der Waals surface area contributed by atoms with E-state index in [1.54, 1.807) is 7.11 Å². The minimum absolute atomic E-state index is 0. The van der Waals surface area contributed by atoms with Gasteiger partial charge in [0.15, 0.2) is 17.3 Å². The molecule has 0 spiro atoms. The van der Waals surface area contributed by atoms with Crippen molar-refractivity contribution in [2.75, 3.05) is 37.0 Å². The molecule has 2 heterocycles. The number of halogens is 2. The molecule has 2 aromatic carbocycles. The number of hydrogen-bond acceptors (Lipinski definition) is 6. The maximum atomic E-state index is 9.47. The van der Waals surface area contributed by atoms with E-state index in [9.17, 15) is 5.11 Å². The molecule has 3 aromatic rings. The molecule has 0 radical (unpaired) electrons. The highest BCUT2D eigenvalue weighted by molar-refractivity contribution is 9.10. The van der Waals surface area contributed by atoms with E-state index < -0.39 is 0 Å². The van der Waals surface area contributed by atoms with Gasteiger partial charge in [-0.15, -0.1) is 22.6 Å². The van der Waals surface area contributed by atoms with Gasteiger partial charge in [-0.1, -0.05) is 18.2 Å². The molecule has 4 rings (SSSR count). The number of nitrogens with one attached hydrogen (secondary N) is 1. The van der Waals surface area contributed by atoms with Gasteiger partial charge in [-0.05, 0) is 46.1 Å². The normalized spacial score (nSPS) is 14.9. The molecule has 0 saturated carbocycles. The average molecular weight is 539 g/mol. The maximum Gasteiger partial charge on any atom is 0.188 e. The highest BCUT2D eigenvalue weighted by atomic mass is 79.9. The largest absolute Gasteiger partial charge is 0.496 e. The van der Waals surface area contributed by atoms with Crippen molar-refractivity contribution >= 4 is 69.9 Å². The first-order valence-electron chi connectivity index (χ1n) is 9.73. The number of anilines is 2. The molecular weight excluding hydrogens is 514 g/mol. The lowest BCUT2D eigenvalue weighted by molar-refractivity contribution is 0.238. The van der Waals surface area contributed by atoms with Crippen LogP contribution in [0.5, 0.6) is 5.75 Å². The lowest BCUT2D eigenvalue weighted by Gasteiger charge is -2.20. The molecule has 1 atom stereocenters. The fourth-order valence-corrected chi connectivity index (χ4v) is 4.33. The van der Waals surface area contributed by atoms with Crippen molar-refractivity contribution in [2.45, 2.75) is 13.0 Å². The number of nitrogens with zero attached hydrogens (tertiary/aromatic N) is 4. The molecule has 1 saturated heterocycles. The van der Waals surface area contributed by atoms with Crippen LogP contribution >= 0.6 is 41.8 Å². The molecule has 10 heteroatoms. The van der Waals surface area contributed by atoms with Crippen molar-refractivity contribution in [2.24, 2.45) is 5.92 Å². The highest BCUT2D eigenvalue weighted by Crippen LogP contribution is 2.34. The molecule has 1 aromatic heterocycles. The fraction of sp³-hybridized carbons (Fsp3) is 0.318. The molecule has 1 aliphatic rings. The number of methoxy groups -OCH3 is 1. The van der Waals surface area contributed by atoms with Crippen molar-refractivity contribution in [1.29, 1.82) is 0 Å². The van der Waals surface area contributed by atoms with Crippen molar-refractivity contribution < 1.29 is 9.84 Å². The molecule has 170 valence electrons. The monoisotopic (exact) mass is 537 g/mol. The van der Waals surface area contributed by atoms with Crippen LogP contribution in [0.15, 0.2) is 40.9 Å². The first-order chi connectivity index (χ1) is 14.6. The Morgan fingerprint density at radius 1 is 1.25 bits per heavy atom. The van der Waals surface area contributed by atoms with Crippen molar-refractivity contribution in [1.82, 2.24) is 10.2 Å². The number of aromatic nitrogens is 2. The molecule has 0 unspecified atom stereocenters. The van der Waals surface area contributed by atoms with Crippen molar-refractivity contribution in [3.8, 4) is 5.75 Å². The summed E-state index contributed by atoms with van der Waals surface area (Å²) < 4.78 is 6.17. The van der Waals surface area contributed by atoms with Gasteiger partial charge in [0.2, 0.25) is 0 Å². The lowest BCUT2D eigenvalue weighted by Crippen LogP contribution is -2.22. The SMILES string of the molecule is Cl.S.[C-]#[N+]c1ccc2c(N3CC[C@H](CO)C3)nnc(NCc3ccc(OC)c(Br)c3)c2c1. The van der Waals surface area contributed by atoms with E-state index in [2.05, 4.69) is 41.2 Å². The van der Waals surface area contributed by atoms with E-state index in [1.165, 1.54) is 0 Å². The summed E-state index contributed by atoms with van der Waals surface area (Å²) in [4.78, 5) is 5.74. The Bertz CT molecular complexity index is 1130. The molecule has 1 fully saturated rings. The van der Waals surface area contributed by atoms with Gasteiger partial charge < -0.3 is 20.1 Å². The van der Waals surface area contributed by atoms with Crippen LogP contribution < -0.4 is 15.0 Å². The van der Waals surface area contributed by atoms with Gasteiger partial charge in [-0.2, -0.15) is 13.5 Å². The van der Waals surface area contributed by atoms with E-state index in [0.717, 1.165) is 51.9 Å². The maximum absolute atomic E-state index is 9.47. The van der Waals surface area contributed by atoms with Crippen LogP contribution in [-0.2, 0) is 6.54 Å². The summed E-state index contributed by atoms with van der Waals surface area (Å²) in [6.45, 7) is 9.72. The number of ether oxygens (including phenoxy) is 1. The number of aliphatic hydroxyl groups excluding tert-OH is 1. The molecule has 0 amide bonds. The van der Waals surface area contributed by atoms with Crippen LogP contribution in [-0.4, -0.2) is 42.1 Å². The van der Waals surface area contributed by atoms with Crippen molar-refractivity contribution in [3.05, 3.63) is 57.9 Å². The fourth-order valence-electron chi connectivity index (χ4n) is 3.74. The van der Waals surface area contributed by atoms with E-state index in [1.807, 2.05) is 36.4 Å². The topological polar surface area (TPSA) is 74.9 Å². The third-order valence-corrected chi connectivity index (χ3v) is 6.01. The second-order valence-corrected chi connectivity index (χ2v) is 8.17. The zero-order valence-electron chi connectivity index (χ0n) is 17.5. The summed E-state index contributed by atoms with van der Waals surface area (Å²) in [6.07, 6.45) is 0.937. The molecule has 1 aliphatic heterocycles. The van der Waals surface area contributed by atoms with Gasteiger partial charge in [-0.25, -0.2) is 4.85 Å². The van der Waals surface area contributed by atoms with Crippen LogP contribution in [0, 0.1) is 12.5 Å². The second kappa shape index (κ2) is 11.6. The minimum atomic E-state index is 0. The number of rotatable bonds is 6. The smallest absolute Gasteiger partial charge is 0.188 e. The predicted molar refractivity (Wildman–Crippen MR) is 139 cm³/mol. The van der Waals surface area contributed by atoms with E-state index in [4.69, 9.17) is 11.3 Å². The quantitative estimate of drug-likeness (QED) is 0.434. The first-order valence-corrected chi connectivity index (χ1v) is 10.5. The third-order valence-electron chi connectivity index (χ3n) is 5.39. The van der Waals surface area contributed by atoms with E-state index in [-0.39, 0.29) is 38.4 Å². The summed E-state index contributed by atoms with van der Waals surface area (Å²) in [7, 11) is 1.64. The van der Waals surface area contributed by atoms with Crippen LogP contribution in [0.25, 0.3) is 15.6 Å². The Labute approximate surface area is 209 Å². The van der Waals surface area contributed by atoms with Crippen LogP contribution in [0.4, 0.5) is 17.3 Å². The zero-order valence-corrected chi connectivity index (χ0v) is 20.9. The molecule has 0 aliphatic carbocycles. The van der Waals surface area contributed by atoms with Gasteiger partial charge in [-0.3, -0.25) is 0 Å². The molecule has 2 N–H and O–H groups in total. The summed E-state index contributed by atoms with van der Waals surface area (Å²) in [6, 6.07) is 11.5. The van der Waals surface area contributed by atoms with Gasteiger partial charge in [0, 0.05) is 42.9 Å². The zero-order chi connectivity index (χ0) is 21.1. The van der Waals surface area contributed by atoms with Gasteiger partial charge in [0.25, 0.3) is 0 Å². The standard InChI is InChI=1S/C22H22BrN5O2.ClH.H2S/c1-24-16-4-5-17-18(10-16)21(25-11-14-3-6-20(30-2)19(23)9-14)26-27-22(17)28-8-7-15(12-28)13-29;;/h3-6,9-10,15,29H,7-8,11-13H2,2H3,(H,25,26);1H;1H2/t15-;;/m0../s1. The summed E-state index contributed by atoms with van der Waals surface area (Å²) in [5.41, 5.74) is 1.62. The van der Waals surface area contributed by atoms with Gasteiger partial charge in [0.05, 0.1) is 18.2 Å². The Morgan fingerprint density at radius 2 is 2.06 bits per heavy atom. The number of benzene rings is 2. The Morgan fingerprint density at radius 3 is 2.72 bits per heavy atom. The Hall–Kier alpha value is -2.25.